The molecule has 0 aliphatic heterocycles. The largest absolute Gasteiger partial charge is 0.330 e. The van der Waals surface area contributed by atoms with E-state index in [1.54, 1.807) is 0 Å². The Morgan fingerprint density at radius 2 is 2.07 bits per heavy atom. The molecule has 0 saturated carbocycles. The molecule has 0 fully saturated rings. The van der Waals surface area contributed by atoms with Gasteiger partial charge in [-0.3, -0.25) is 4.21 Å². The summed E-state index contributed by atoms with van der Waals surface area (Å²) in [5.74, 6) is 0.690. The minimum Gasteiger partial charge on any atom is -0.330 e. The van der Waals surface area contributed by atoms with Crippen molar-refractivity contribution in [3.05, 3.63) is 29.3 Å². The predicted molar refractivity (Wildman–Crippen MR) is 63.4 cm³/mol. The summed E-state index contributed by atoms with van der Waals surface area (Å²) in [6.45, 7) is 0.622. The van der Waals surface area contributed by atoms with Gasteiger partial charge < -0.3 is 5.73 Å². The van der Waals surface area contributed by atoms with Crippen LogP contribution in [-0.2, 0) is 23.6 Å². The van der Waals surface area contributed by atoms with E-state index in [2.05, 4.69) is 12.1 Å². The lowest BCUT2D eigenvalue weighted by Gasteiger charge is -2.04. The quantitative estimate of drug-likeness (QED) is 0.843. The van der Waals surface area contributed by atoms with Gasteiger partial charge in [0.2, 0.25) is 0 Å². The summed E-state index contributed by atoms with van der Waals surface area (Å²) in [7, 11) is -0.856. The average Bonchev–Trinajstić information content (AvgIpc) is 2.72. The van der Waals surface area contributed by atoms with Crippen LogP contribution in [0.3, 0.4) is 0 Å². The van der Waals surface area contributed by atoms with Gasteiger partial charge in [0.1, 0.15) is 0 Å². The highest BCUT2D eigenvalue weighted by molar-refractivity contribution is 7.85. The van der Waals surface area contributed by atoms with E-state index >= 15 is 0 Å². The first-order valence-electron chi connectivity index (χ1n) is 5.51. The number of benzene rings is 1. The van der Waals surface area contributed by atoms with Gasteiger partial charge in [-0.2, -0.15) is 0 Å². The van der Waals surface area contributed by atoms with Gasteiger partial charge in [0.25, 0.3) is 0 Å². The van der Waals surface area contributed by atoms with Crippen LogP contribution in [0.2, 0.25) is 0 Å². The number of nitrogens with two attached hydrogens (primary N) is 1. The minimum atomic E-state index is -0.856. The van der Waals surface area contributed by atoms with Crippen molar-refractivity contribution >= 4 is 10.8 Å². The van der Waals surface area contributed by atoms with E-state index in [0.717, 1.165) is 17.7 Å². The normalized spacial score (nSPS) is 16.3. The van der Waals surface area contributed by atoms with Crippen LogP contribution >= 0.6 is 0 Å². The average molecular weight is 223 g/mol. The van der Waals surface area contributed by atoms with Gasteiger partial charge in [0.05, 0.1) is 10.8 Å². The molecule has 0 spiro atoms. The minimum absolute atomic E-state index is 0.622. The third-order valence-corrected chi connectivity index (χ3v) is 4.31. The lowest BCUT2D eigenvalue weighted by Crippen LogP contribution is -2.06. The molecular formula is C12H17NOS. The van der Waals surface area contributed by atoms with Crippen molar-refractivity contribution < 1.29 is 4.21 Å². The van der Waals surface area contributed by atoms with Gasteiger partial charge in [-0.05, 0) is 55.5 Å². The monoisotopic (exact) mass is 223 g/mol. The van der Waals surface area contributed by atoms with Crippen molar-refractivity contribution in [2.75, 3.05) is 12.3 Å². The Hall–Kier alpha value is -0.670. The van der Waals surface area contributed by atoms with Gasteiger partial charge in [-0.25, -0.2) is 0 Å². The number of hydrogen-bond acceptors (Lipinski definition) is 2. The Morgan fingerprint density at radius 1 is 1.27 bits per heavy atom. The van der Waals surface area contributed by atoms with Crippen LogP contribution in [0, 0.1) is 0 Å². The van der Waals surface area contributed by atoms with Crippen molar-refractivity contribution in [3.8, 4) is 0 Å². The maximum atomic E-state index is 11.9. The number of fused-ring (bicyclic) bond motifs is 1. The van der Waals surface area contributed by atoms with E-state index in [4.69, 9.17) is 5.73 Å². The van der Waals surface area contributed by atoms with Crippen molar-refractivity contribution in [3.63, 3.8) is 0 Å². The van der Waals surface area contributed by atoms with E-state index in [0.29, 0.717) is 12.3 Å². The molecule has 82 valence electrons. The lowest BCUT2D eigenvalue weighted by molar-refractivity contribution is 0.680. The fourth-order valence-electron chi connectivity index (χ4n) is 2.02. The molecule has 0 amide bonds. The fourth-order valence-corrected chi connectivity index (χ4v) is 3.18. The molecule has 1 aliphatic rings. The van der Waals surface area contributed by atoms with Crippen molar-refractivity contribution in [1.29, 1.82) is 0 Å². The molecule has 0 saturated heterocycles. The highest BCUT2D eigenvalue weighted by atomic mass is 32.2. The van der Waals surface area contributed by atoms with E-state index in [1.165, 1.54) is 24.0 Å². The molecule has 1 aromatic rings. The van der Waals surface area contributed by atoms with E-state index in [9.17, 15) is 4.21 Å². The zero-order valence-corrected chi connectivity index (χ0v) is 9.69. The fraction of sp³-hybridized carbons (Fsp3) is 0.500. The van der Waals surface area contributed by atoms with Crippen LogP contribution in [-0.4, -0.2) is 16.5 Å². The molecule has 1 aliphatic carbocycles. The van der Waals surface area contributed by atoms with Crippen molar-refractivity contribution in [1.82, 2.24) is 0 Å². The Kier molecular flexibility index (Phi) is 3.54. The molecule has 1 aromatic carbocycles. The molecule has 0 bridgehead atoms. The van der Waals surface area contributed by atoms with Crippen LogP contribution in [0.25, 0.3) is 0 Å². The Balaban J connectivity index is 2.12. The second-order valence-corrected chi connectivity index (χ2v) is 5.55. The molecule has 2 N–H and O–H groups in total. The second kappa shape index (κ2) is 4.90. The van der Waals surface area contributed by atoms with E-state index < -0.39 is 10.8 Å². The SMILES string of the molecule is NCCCS(=O)c1ccc2c(c1)CCC2. The zero-order valence-electron chi connectivity index (χ0n) is 8.87. The molecule has 15 heavy (non-hydrogen) atoms. The molecule has 1 unspecified atom stereocenters. The zero-order chi connectivity index (χ0) is 10.7. The first kappa shape index (κ1) is 10.8. The maximum Gasteiger partial charge on any atom is 0.0530 e. The number of rotatable bonds is 4. The van der Waals surface area contributed by atoms with Crippen LogP contribution in [0.15, 0.2) is 23.1 Å². The Labute approximate surface area is 93.3 Å². The molecule has 2 nitrogen and oxygen atoms in total. The third-order valence-electron chi connectivity index (χ3n) is 2.87. The summed E-state index contributed by atoms with van der Waals surface area (Å²) in [4.78, 5) is 0.976. The summed E-state index contributed by atoms with van der Waals surface area (Å²) < 4.78 is 11.9. The summed E-state index contributed by atoms with van der Waals surface area (Å²) in [5.41, 5.74) is 8.25. The second-order valence-electron chi connectivity index (χ2n) is 3.98. The summed E-state index contributed by atoms with van der Waals surface area (Å²) >= 11 is 0. The first-order chi connectivity index (χ1) is 7.31. The van der Waals surface area contributed by atoms with Crippen LogP contribution in [0.5, 0.6) is 0 Å². The Morgan fingerprint density at radius 3 is 2.87 bits per heavy atom. The number of hydrogen-bond donors (Lipinski definition) is 1. The molecule has 0 heterocycles. The van der Waals surface area contributed by atoms with Gasteiger partial charge in [-0.1, -0.05) is 6.07 Å². The van der Waals surface area contributed by atoms with Crippen LogP contribution in [0.1, 0.15) is 24.0 Å². The molecule has 2 rings (SSSR count). The van der Waals surface area contributed by atoms with Gasteiger partial charge >= 0.3 is 0 Å². The standard InChI is InChI=1S/C12H17NOS/c13-7-2-8-15(14)12-6-5-10-3-1-4-11(10)9-12/h5-6,9H,1-4,7-8,13H2. The molecule has 3 heteroatoms. The van der Waals surface area contributed by atoms with Crippen molar-refractivity contribution in [2.45, 2.75) is 30.6 Å². The van der Waals surface area contributed by atoms with Crippen LogP contribution in [0.4, 0.5) is 0 Å². The van der Waals surface area contributed by atoms with Gasteiger partial charge in [-0.15, -0.1) is 0 Å². The summed E-state index contributed by atoms with van der Waals surface area (Å²) in [5, 5.41) is 0. The first-order valence-corrected chi connectivity index (χ1v) is 6.83. The van der Waals surface area contributed by atoms with Crippen molar-refractivity contribution in [2.24, 2.45) is 5.73 Å². The maximum absolute atomic E-state index is 11.9. The predicted octanol–water partition coefficient (Wildman–Crippen LogP) is 1.63. The van der Waals surface area contributed by atoms with E-state index in [-0.39, 0.29) is 0 Å². The molecular weight excluding hydrogens is 206 g/mol. The van der Waals surface area contributed by atoms with E-state index in [1.807, 2.05) is 6.07 Å². The lowest BCUT2D eigenvalue weighted by atomic mass is 10.1. The summed E-state index contributed by atoms with van der Waals surface area (Å²) in [6.07, 6.45) is 4.42. The molecule has 0 radical (unpaired) electrons. The highest BCUT2D eigenvalue weighted by Gasteiger charge is 2.12. The Bertz CT molecular complexity index is 376. The van der Waals surface area contributed by atoms with Gasteiger partial charge in [0.15, 0.2) is 0 Å². The molecule has 0 aromatic heterocycles. The summed E-state index contributed by atoms with van der Waals surface area (Å²) in [6, 6.07) is 6.27. The van der Waals surface area contributed by atoms with Gasteiger partial charge in [0, 0.05) is 10.6 Å². The topological polar surface area (TPSA) is 43.1 Å². The molecule has 1 atom stereocenters. The number of aryl methyl sites for hydroxylation is 2. The van der Waals surface area contributed by atoms with Crippen LogP contribution < -0.4 is 5.73 Å². The highest BCUT2D eigenvalue weighted by Crippen LogP contribution is 2.24. The third kappa shape index (κ3) is 2.47. The smallest absolute Gasteiger partial charge is 0.0530 e.